The van der Waals surface area contributed by atoms with Crippen molar-refractivity contribution in [2.24, 2.45) is 7.05 Å². The molecule has 1 fully saturated rings. The first-order valence-electron chi connectivity index (χ1n) is 8.96. The molecule has 1 aliphatic heterocycles. The van der Waals surface area contributed by atoms with Crippen molar-refractivity contribution in [2.45, 2.75) is 25.7 Å². The van der Waals surface area contributed by atoms with E-state index in [0.29, 0.717) is 30.2 Å². The second kappa shape index (κ2) is 7.11. The number of nitrogens with zero attached hydrogens (tertiary/aromatic N) is 4. The summed E-state index contributed by atoms with van der Waals surface area (Å²) in [4.78, 5) is 35.4. The molecule has 1 N–H and O–H groups in total. The second-order valence-corrected chi connectivity index (χ2v) is 7.80. The fourth-order valence-electron chi connectivity index (χ4n) is 3.48. The molecule has 1 saturated heterocycles. The van der Waals surface area contributed by atoms with Crippen LogP contribution in [0.1, 0.15) is 40.6 Å². The Morgan fingerprint density at radius 1 is 1.41 bits per heavy atom. The van der Waals surface area contributed by atoms with E-state index in [1.165, 1.54) is 6.07 Å². The fraction of sp³-hybridized carbons (Fsp3) is 0.368. The summed E-state index contributed by atoms with van der Waals surface area (Å²) in [6, 6.07) is 5.43. The van der Waals surface area contributed by atoms with Crippen molar-refractivity contribution >= 4 is 17.2 Å². The third-order valence-corrected chi connectivity index (χ3v) is 5.99. The molecule has 1 aliphatic rings. The molecule has 0 radical (unpaired) electrons. The summed E-state index contributed by atoms with van der Waals surface area (Å²) in [6.45, 7) is 3.15. The summed E-state index contributed by atoms with van der Waals surface area (Å²) < 4.78 is 1.71. The van der Waals surface area contributed by atoms with Gasteiger partial charge in [0.05, 0.1) is 22.3 Å². The van der Waals surface area contributed by atoms with Crippen LogP contribution in [0.15, 0.2) is 34.6 Å². The number of thiophene rings is 1. The van der Waals surface area contributed by atoms with E-state index in [1.54, 1.807) is 22.2 Å². The van der Waals surface area contributed by atoms with Gasteiger partial charge in [-0.15, -0.1) is 11.3 Å². The molecule has 4 heterocycles. The van der Waals surface area contributed by atoms with Crippen molar-refractivity contribution in [3.63, 3.8) is 0 Å². The Morgan fingerprint density at radius 3 is 2.96 bits per heavy atom. The molecule has 4 rings (SSSR count). The summed E-state index contributed by atoms with van der Waals surface area (Å²) >= 11 is 1.56. The summed E-state index contributed by atoms with van der Waals surface area (Å²) in [5, 5.41) is 6.14. The van der Waals surface area contributed by atoms with Gasteiger partial charge in [0.2, 0.25) is 0 Å². The normalized spacial score (nSPS) is 17.3. The van der Waals surface area contributed by atoms with Gasteiger partial charge < -0.3 is 9.88 Å². The predicted molar refractivity (Wildman–Crippen MR) is 104 cm³/mol. The van der Waals surface area contributed by atoms with Crippen LogP contribution >= 0.6 is 11.3 Å². The molecular weight excluding hydrogens is 362 g/mol. The minimum atomic E-state index is -0.157. The number of carbonyl (C=O) groups excluding carboxylic acids is 1. The number of hydrogen-bond acceptors (Lipinski definition) is 5. The lowest BCUT2D eigenvalue weighted by Crippen LogP contribution is -2.40. The molecule has 0 bridgehead atoms. The quantitative estimate of drug-likeness (QED) is 0.753. The van der Waals surface area contributed by atoms with Gasteiger partial charge in [0.15, 0.2) is 0 Å². The molecule has 3 aromatic rings. The maximum atomic E-state index is 12.9. The lowest BCUT2D eigenvalue weighted by Gasteiger charge is -2.32. The van der Waals surface area contributed by atoms with Crippen molar-refractivity contribution in [3.05, 3.63) is 57.2 Å². The van der Waals surface area contributed by atoms with Gasteiger partial charge in [-0.1, -0.05) is 6.07 Å². The van der Waals surface area contributed by atoms with Gasteiger partial charge in [0.1, 0.15) is 5.82 Å². The molecule has 140 valence electrons. The molecule has 27 heavy (non-hydrogen) atoms. The molecule has 0 aliphatic carbocycles. The first-order chi connectivity index (χ1) is 13.0. The Balaban J connectivity index is 1.59. The number of nitrogens with one attached hydrogen (secondary N) is 1. The van der Waals surface area contributed by atoms with Gasteiger partial charge in [-0.2, -0.15) is 5.10 Å². The van der Waals surface area contributed by atoms with E-state index in [4.69, 9.17) is 0 Å². The number of rotatable bonds is 3. The summed E-state index contributed by atoms with van der Waals surface area (Å²) in [7, 11) is 1.83. The topological polar surface area (TPSA) is 83.9 Å². The number of aromatic amines is 1. The molecule has 1 atom stereocenters. The average Bonchev–Trinajstić information content (AvgIpc) is 3.32. The maximum Gasteiger partial charge on any atom is 0.257 e. The first-order valence-corrected chi connectivity index (χ1v) is 9.84. The molecule has 3 aromatic heterocycles. The van der Waals surface area contributed by atoms with Crippen LogP contribution in [-0.2, 0) is 7.05 Å². The minimum absolute atomic E-state index is 0.0120. The number of piperidine rings is 1. The first kappa shape index (κ1) is 17.7. The Labute approximate surface area is 160 Å². The van der Waals surface area contributed by atoms with Crippen molar-refractivity contribution < 1.29 is 4.79 Å². The summed E-state index contributed by atoms with van der Waals surface area (Å²) in [6.07, 6.45) is 3.40. The zero-order valence-corrected chi connectivity index (χ0v) is 16.1. The standard InChI is InChI=1S/C19H21N5O2S/c1-12-14(10-20-23(12)2)19(26)24-7-3-5-13(11-24)18-21-15(9-17(25)22-18)16-6-4-8-27-16/h4,6,8-10,13H,3,5,7,11H2,1-2H3,(H,21,22,25). The lowest BCUT2D eigenvalue weighted by atomic mass is 9.96. The zero-order valence-electron chi connectivity index (χ0n) is 15.3. The molecule has 0 aromatic carbocycles. The van der Waals surface area contributed by atoms with E-state index in [0.717, 1.165) is 23.4 Å². The third kappa shape index (κ3) is 3.44. The van der Waals surface area contributed by atoms with Crippen LogP contribution in [0.5, 0.6) is 0 Å². The number of amides is 1. The highest BCUT2D eigenvalue weighted by atomic mass is 32.1. The van der Waals surface area contributed by atoms with Crippen LogP contribution in [0.3, 0.4) is 0 Å². The predicted octanol–water partition coefficient (Wildman–Crippen LogP) is 2.56. The fourth-order valence-corrected chi connectivity index (χ4v) is 4.17. The number of likely N-dealkylation sites (tertiary alicyclic amines) is 1. The van der Waals surface area contributed by atoms with E-state index < -0.39 is 0 Å². The van der Waals surface area contributed by atoms with E-state index >= 15 is 0 Å². The van der Waals surface area contributed by atoms with Crippen molar-refractivity contribution in [1.29, 1.82) is 0 Å². The minimum Gasteiger partial charge on any atom is -0.338 e. The molecule has 7 nitrogen and oxygen atoms in total. The van der Waals surface area contributed by atoms with Crippen LogP contribution in [0.2, 0.25) is 0 Å². The molecular formula is C19H21N5O2S. The summed E-state index contributed by atoms with van der Waals surface area (Å²) in [5.41, 5.74) is 2.02. The van der Waals surface area contributed by atoms with Crippen molar-refractivity contribution in [2.75, 3.05) is 13.1 Å². The van der Waals surface area contributed by atoms with Gasteiger partial charge >= 0.3 is 0 Å². The Hall–Kier alpha value is -2.74. The van der Waals surface area contributed by atoms with Crippen molar-refractivity contribution in [3.8, 4) is 10.6 Å². The monoisotopic (exact) mass is 383 g/mol. The molecule has 0 saturated carbocycles. The van der Waals surface area contributed by atoms with Gasteiger partial charge in [0, 0.05) is 37.8 Å². The largest absolute Gasteiger partial charge is 0.338 e. The highest BCUT2D eigenvalue weighted by Crippen LogP contribution is 2.28. The van der Waals surface area contributed by atoms with Crippen LogP contribution in [0, 0.1) is 6.92 Å². The Bertz CT molecular complexity index is 1020. The maximum absolute atomic E-state index is 12.9. The Morgan fingerprint density at radius 2 is 2.26 bits per heavy atom. The number of aromatic nitrogens is 4. The Kier molecular flexibility index (Phi) is 4.65. The van der Waals surface area contributed by atoms with Gasteiger partial charge in [-0.3, -0.25) is 14.3 Å². The second-order valence-electron chi connectivity index (χ2n) is 6.85. The SMILES string of the molecule is Cc1c(C(=O)N2CCCC(c3nc(-c4cccs4)cc(=O)[nH]3)C2)cnn1C. The van der Waals surface area contributed by atoms with Crippen LogP contribution in [-0.4, -0.2) is 43.6 Å². The van der Waals surface area contributed by atoms with E-state index in [9.17, 15) is 9.59 Å². The van der Waals surface area contributed by atoms with Crippen molar-refractivity contribution in [1.82, 2.24) is 24.6 Å². The smallest absolute Gasteiger partial charge is 0.257 e. The van der Waals surface area contributed by atoms with Gasteiger partial charge in [0.25, 0.3) is 11.5 Å². The number of aryl methyl sites for hydroxylation is 1. The molecule has 1 unspecified atom stereocenters. The van der Waals surface area contributed by atoms with Crippen LogP contribution in [0.25, 0.3) is 10.6 Å². The van der Waals surface area contributed by atoms with Crippen LogP contribution < -0.4 is 5.56 Å². The highest BCUT2D eigenvalue weighted by molar-refractivity contribution is 7.13. The molecule has 1 amide bonds. The zero-order chi connectivity index (χ0) is 19.0. The molecule has 0 spiro atoms. The number of hydrogen-bond donors (Lipinski definition) is 1. The van der Waals surface area contributed by atoms with Crippen LogP contribution in [0.4, 0.5) is 0 Å². The van der Waals surface area contributed by atoms with Gasteiger partial charge in [-0.05, 0) is 31.2 Å². The van der Waals surface area contributed by atoms with E-state index in [-0.39, 0.29) is 17.4 Å². The third-order valence-electron chi connectivity index (χ3n) is 5.09. The van der Waals surface area contributed by atoms with Gasteiger partial charge in [-0.25, -0.2) is 4.98 Å². The molecule has 8 heteroatoms. The van der Waals surface area contributed by atoms with E-state index in [1.807, 2.05) is 36.4 Å². The highest BCUT2D eigenvalue weighted by Gasteiger charge is 2.28. The number of H-pyrrole nitrogens is 1. The lowest BCUT2D eigenvalue weighted by molar-refractivity contribution is 0.0703. The number of carbonyl (C=O) groups is 1. The average molecular weight is 383 g/mol. The summed E-state index contributed by atoms with van der Waals surface area (Å²) in [5.74, 6) is 0.667. The van der Waals surface area contributed by atoms with E-state index in [2.05, 4.69) is 15.1 Å².